The van der Waals surface area contributed by atoms with Crippen molar-refractivity contribution in [3.63, 3.8) is 0 Å². The molecule has 0 aliphatic heterocycles. The number of halogens is 10. The highest BCUT2D eigenvalue weighted by Crippen LogP contribution is 2.54. The molecule has 0 aromatic heterocycles. The number of ether oxygens (including phenoxy) is 1. The van der Waals surface area contributed by atoms with Gasteiger partial charge >= 0.3 is 23.9 Å². The average molecular weight is 282 g/mol. The summed E-state index contributed by atoms with van der Waals surface area (Å²) in [5, 5.41) is 0. The highest BCUT2D eigenvalue weighted by molar-refractivity contribution is 5.05. The topological polar surface area (TPSA) is 9.23 Å². The quantitative estimate of drug-likeness (QED) is 0.718. The van der Waals surface area contributed by atoms with E-state index in [9.17, 15) is 43.9 Å². The van der Waals surface area contributed by atoms with Crippen LogP contribution in [0.5, 0.6) is 0 Å². The third-order valence-corrected chi connectivity index (χ3v) is 1.65. The maximum Gasteiger partial charge on any atom is 0.437 e. The van der Waals surface area contributed by atoms with Crippen LogP contribution in [0.1, 0.15) is 0 Å². The van der Waals surface area contributed by atoms with Crippen molar-refractivity contribution < 1.29 is 48.6 Å². The zero-order valence-electron chi connectivity index (χ0n) is 7.60. The summed E-state index contributed by atoms with van der Waals surface area (Å²) < 4.78 is 123. The van der Waals surface area contributed by atoms with Gasteiger partial charge in [-0.15, -0.1) is 0 Å². The van der Waals surface area contributed by atoms with Gasteiger partial charge in [0.1, 0.15) is 6.61 Å². The fourth-order valence-corrected chi connectivity index (χ4v) is 0.842. The third kappa shape index (κ3) is 2.75. The molecular formula is C6H4F10O. The minimum Gasteiger partial charge on any atom is -0.344 e. The van der Waals surface area contributed by atoms with Gasteiger partial charge in [0.05, 0.1) is 0 Å². The molecule has 0 amide bonds. The smallest absolute Gasteiger partial charge is 0.344 e. The van der Waals surface area contributed by atoms with Crippen molar-refractivity contribution in [2.24, 2.45) is 0 Å². The summed E-state index contributed by atoms with van der Waals surface area (Å²) in [6.07, 6.45) is -13.8. The van der Waals surface area contributed by atoms with Gasteiger partial charge in [-0.3, -0.25) is 0 Å². The monoisotopic (exact) mass is 282 g/mol. The van der Waals surface area contributed by atoms with Crippen LogP contribution in [0.15, 0.2) is 0 Å². The molecule has 1 nitrogen and oxygen atoms in total. The van der Waals surface area contributed by atoms with E-state index in [-0.39, 0.29) is 0 Å². The van der Waals surface area contributed by atoms with E-state index in [1.54, 1.807) is 0 Å². The summed E-state index contributed by atoms with van der Waals surface area (Å²) in [4.78, 5) is 0. The Morgan fingerprint density at radius 1 is 0.706 bits per heavy atom. The van der Waals surface area contributed by atoms with E-state index in [0.29, 0.717) is 0 Å². The molecule has 104 valence electrons. The van der Waals surface area contributed by atoms with Gasteiger partial charge < -0.3 is 4.74 Å². The summed E-state index contributed by atoms with van der Waals surface area (Å²) in [5.41, 5.74) is -6.80. The van der Waals surface area contributed by atoms with Crippen molar-refractivity contribution >= 4 is 0 Å². The number of hydrogen-bond acceptors (Lipinski definition) is 1. The van der Waals surface area contributed by atoms with Crippen molar-refractivity contribution in [3.8, 4) is 0 Å². The van der Waals surface area contributed by atoms with Crippen LogP contribution >= 0.6 is 0 Å². The number of alkyl halides is 10. The van der Waals surface area contributed by atoms with Crippen LogP contribution in [-0.2, 0) is 4.74 Å². The van der Waals surface area contributed by atoms with Crippen molar-refractivity contribution in [2.75, 3.05) is 13.5 Å². The lowest BCUT2D eigenvalue weighted by Crippen LogP contribution is -2.65. The largest absolute Gasteiger partial charge is 0.437 e. The Morgan fingerprint density at radius 2 is 1.06 bits per heavy atom. The van der Waals surface area contributed by atoms with Gasteiger partial charge in [-0.05, 0) is 0 Å². The molecule has 0 fully saturated rings. The molecule has 0 heterocycles. The molecule has 0 aromatic rings. The maximum absolute atomic E-state index is 12.7. The van der Waals surface area contributed by atoms with Crippen LogP contribution in [0.25, 0.3) is 0 Å². The van der Waals surface area contributed by atoms with Gasteiger partial charge in [0.2, 0.25) is 0 Å². The first kappa shape index (κ1) is 16.3. The molecule has 0 aromatic carbocycles. The summed E-state index contributed by atoms with van der Waals surface area (Å²) in [5.74, 6) is -6.00. The Balaban J connectivity index is 5.49. The number of hydrogen-bond donors (Lipinski definition) is 0. The molecule has 11 heteroatoms. The Kier molecular flexibility index (Phi) is 4.30. The van der Waals surface area contributed by atoms with Gasteiger partial charge in [0.15, 0.2) is 6.86 Å². The summed E-state index contributed by atoms with van der Waals surface area (Å²) in [6, 6.07) is 0. The zero-order valence-corrected chi connectivity index (χ0v) is 7.60. The molecule has 0 unspecified atom stereocenters. The van der Waals surface area contributed by atoms with Crippen molar-refractivity contribution in [2.45, 2.75) is 23.9 Å². The molecular weight excluding hydrogens is 278 g/mol. The van der Waals surface area contributed by atoms with Crippen molar-refractivity contribution in [3.05, 3.63) is 0 Å². The summed E-state index contributed by atoms with van der Waals surface area (Å²) in [7, 11) is 0. The zero-order chi connectivity index (χ0) is 14.1. The van der Waals surface area contributed by atoms with Crippen LogP contribution in [0, 0.1) is 0 Å². The van der Waals surface area contributed by atoms with Gasteiger partial charge in [-0.1, -0.05) is 0 Å². The maximum atomic E-state index is 12.7. The normalized spacial score (nSPS) is 15.2. The highest BCUT2D eigenvalue weighted by Gasteiger charge is 2.84. The summed E-state index contributed by atoms with van der Waals surface area (Å²) in [6.45, 7) is -4.78. The second kappa shape index (κ2) is 4.50. The Hall–Kier alpha value is -0.740. The van der Waals surface area contributed by atoms with Crippen LogP contribution < -0.4 is 0 Å². The fourth-order valence-electron chi connectivity index (χ4n) is 0.842. The molecule has 17 heavy (non-hydrogen) atoms. The van der Waals surface area contributed by atoms with Gasteiger partial charge in [-0.2, -0.15) is 35.1 Å². The molecule has 0 bridgehead atoms. The first-order valence-electron chi connectivity index (χ1n) is 3.65. The Morgan fingerprint density at radius 3 is 1.29 bits per heavy atom. The molecule has 0 aliphatic rings. The van der Waals surface area contributed by atoms with E-state index in [1.807, 2.05) is 0 Å². The van der Waals surface area contributed by atoms with E-state index in [0.717, 1.165) is 0 Å². The first-order valence-corrected chi connectivity index (χ1v) is 3.65. The van der Waals surface area contributed by atoms with Crippen LogP contribution in [0.4, 0.5) is 43.9 Å². The molecule has 0 radical (unpaired) electrons. The predicted molar refractivity (Wildman–Crippen MR) is 32.8 cm³/mol. The molecule has 0 saturated heterocycles. The minimum atomic E-state index is -6.92. The highest BCUT2D eigenvalue weighted by atomic mass is 19.4. The van der Waals surface area contributed by atoms with Crippen LogP contribution in [0.3, 0.4) is 0 Å². The second-order valence-electron chi connectivity index (χ2n) is 2.82. The third-order valence-electron chi connectivity index (χ3n) is 1.65. The van der Waals surface area contributed by atoms with E-state index >= 15 is 0 Å². The van der Waals surface area contributed by atoms with Crippen LogP contribution in [-0.4, -0.2) is 37.4 Å². The Labute approximate surface area is 87.3 Å². The Bertz CT molecular complexity index is 239. The predicted octanol–water partition coefficient (Wildman–Crippen LogP) is 3.40. The van der Waals surface area contributed by atoms with E-state index in [4.69, 9.17) is 0 Å². The average Bonchev–Trinajstić information content (AvgIpc) is 2.09. The SMILES string of the molecule is FCOCC(F)(F)C(F)(C(F)(F)F)C(F)(F)F. The van der Waals surface area contributed by atoms with Crippen LogP contribution in [0.2, 0.25) is 0 Å². The second-order valence-corrected chi connectivity index (χ2v) is 2.82. The number of rotatable bonds is 4. The van der Waals surface area contributed by atoms with E-state index < -0.39 is 37.4 Å². The lowest BCUT2D eigenvalue weighted by Gasteiger charge is -2.35. The first-order chi connectivity index (χ1) is 7.31. The minimum absolute atomic E-state index is 2.08. The molecule has 0 N–H and O–H groups in total. The summed E-state index contributed by atoms with van der Waals surface area (Å²) >= 11 is 0. The molecule has 0 spiro atoms. The van der Waals surface area contributed by atoms with Crippen molar-refractivity contribution in [1.29, 1.82) is 0 Å². The molecule has 0 aliphatic carbocycles. The fraction of sp³-hybridized carbons (Fsp3) is 1.00. The van der Waals surface area contributed by atoms with E-state index in [1.165, 1.54) is 0 Å². The van der Waals surface area contributed by atoms with Gasteiger partial charge in [-0.25, -0.2) is 8.78 Å². The van der Waals surface area contributed by atoms with Crippen molar-refractivity contribution in [1.82, 2.24) is 0 Å². The molecule has 0 atom stereocenters. The molecule has 0 rings (SSSR count). The van der Waals surface area contributed by atoms with E-state index in [2.05, 4.69) is 4.74 Å². The van der Waals surface area contributed by atoms with Gasteiger partial charge in [0.25, 0.3) is 0 Å². The van der Waals surface area contributed by atoms with Gasteiger partial charge in [0, 0.05) is 0 Å². The standard InChI is InChI=1S/C6H4F10O/c7-2-17-1-3(8,9)4(10,5(11,12)13)6(14,15)16/h1-2H2. The lowest BCUT2D eigenvalue weighted by molar-refractivity contribution is -0.401. The lowest BCUT2D eigenvalue weighted by atomic mass is 9.96. The molecule has 0 saturated carbocycles.